The zero-order valence-corrected chi connectivity index (χ0v) is 14.7. The summed E-state index contributed by atoms with van der Waals surface area (Å²) in [5.41, 5.74) is 1.36. The third kappa shape index (κ3) is 5.26. The maximum atomic E-state index is 11.9. The highest BCUT2D eigenvalue weighted by molar-refractivity contribution is 5.72. The Kier molecular flexibility index (Phi) is 6.94. The van der Waals surface area contributed by atoms with Gasteiger partial charge in [0.2, 0.25) is 0 Å². The van der Waals surface area contributed by atoms with Gasteiger partial charge in [-0.2, -0.15) is 0 Å². The van der Waals surface area contributed by atoms with Crippen molar-refractivity contribution in [3.05, 3.63) is 29.8 Å². The molecular weight excluding hydrogens is 288 g/mol. The van der Waals surface area contributed by atoms with E-state index in [0.29, 0.717) is 12.5 Å². The number of esters is 1. The van der Waals surface area contributed by atoms with Crippen molar-refractivity contribution >= 4 is 5.97 Å². The molecule has 1 aliphatic carbocycles. The Morgan fingerprint density at radius 2 is 1.91 bits per heavy atom. The molecule has 1 aromatic carbocycles. The summed E-state index contributed by atoms with van der Waals surface area (Å²) < 4.78 is 10.9. The van der Waals surface area contributed by atoms with E-state index in [4.69, 9.17) is 9.47 Å². The minimum absolute atomic E-state index is 0.00146. The Balaban J connectivity index is 1.88. The number of carbonyl (C=O) groups is 1. The van der Waals surface area contributed by atoms with Crippen molar-refractivity contribution in [2.24, 2.45) is 17.8 Å². The van der Waals surface area contributed by atoms with E-state index in [2.05, 4.69) is 26.0 Å². The van der Waals surface area contributed by atoms with E-state index < -0.39 is 0 Å². The van der Waals surface area contributed by atoms with E-state index in [1.807, 2.05) is 12.1 Å². The minimum Gasteiger partial charge on any atom is -0.493 e. The van der Waals surface area contributed by atoms with E-state index >= 15 is 0 Å². The van der Waals surface area contributed by atoms with Crippen LogP contribution in [0.2, 0.25) is 0 Å². The number of hydrogen-bond acceptors (Lipinski definition) is 3. The largest absolute Gasteiger partial charge is 0.493 e. The molecule has 1 aliphatic rings. The molecular formula is C20H30O3. The molecule has 1 fully saturated rings. The first-order valence-electron chi connectivity index (χ1n) is 8.93. The lowest BCUT2D eigenvalue weighted by molar-refractivity contribution is -0.149. The second-order valence-electron chi connectivity index (χ2n) is 6.85. The van der Waals surface area contributed by atoms with Crippen LogP contribution in [0.5, 0.6) is 5.75 Å². The normalized spacial score (nSPS) is 22.4. The lowest BCUT2D eigenvalue weighted by Gasteiger charge is -2.29. The smallest absolute Gasteiger partial charge is 0.309 e. The van der Waals surface area contributed by atoms with Crippen LogP contribution < -0.4 is 4.74 Å². The molecule has 1 unspecified atom stereocenters. The number of methoxy groups -OCH3 is 1. The van der Waals surface area contributed by atoms with Gasteiger partial charge >= 0.3 is 5.97 Å². The molecule has 0 N–H and O–H groups in total. The maximum absolute atomic E-state index is 11.9. The van der Waals surface area contributed by atoms with E-state index in [1.165, 1.54) is 25.5 Å². The van der Waals surface area contributed by atoms with Gasteiger partial charge < -0.3 is 9.47 Å². The first-order valence-corrected chi connectivity index (χ1v) is 8.93. The summed E-state index contributed by atoms with van der Waals surface area (Å²) in [6.45, 7) is 5.11. The molecule has 23 heavy (non-hydrogen) atoms. The summed E-state index contributed by atoms with van der Waals surface area (Å²) in [5.74, 6) is 1.80. The monoisotopic (exact) mass is 318 g/mol. The molecule has 0 heterocycles. The minimum atomic E-state index is -0.0813. The van der Waals surface area contributed by atoms with Gasteiger partial charge in [0.1, 0.15) is 5.75 Å². The van der Waals surface area contributed by atoms with Crippen molar-refractivity contribution in [3.8, 4) is 5.75 Å². The Bertz CT molecular complexity index is 480. The van der Waals surface area contributed by atoms with Crippen molar-refractivity contribution in [3.63, 3.8) is 0 Å². The van der Waals surface area contributed by atoms with Gasteiger partial charge in [0.25, 0.3) is 0 Å². The van der Waals surface area contributed by atoms with E-state index in [1.54, 1.807) is 0 Å². The predicted molar refractivity (Wildman–Crippen MR) is 92.6 cm³/mol. The molecule has 0 amide bonds. The number of carbonyl (C=O) groups excluding carboxylic acids is 1. The van der Waals surface area contributed by atoms with Crippen LogP contribution >= 0.6 is 0 Å². The highest BCUT2D eigenvalue weighted by Gasteiger charge is 2.32. The molecule has 0 radical (unpaired) electrons. The SMILES string of the molecule is CCC(C)Cc1ccc(OC[C@@H]2CCCC[C@H]2C(=O)OC)cc1. The standard InChI is InChI=1S/C20H30O3/c1-4-15(2)13-16-9-11-18(12-10-16)23-14-17-7-5-6-8-19(17)20(21)22-3/h9-12,15,17,19H,4-8,13-14H2,1-3H3/t15?,17-,19+/m0/s1. The fourth-order valence-electron chi connectivity index (χ4n) is 3.34. The van der Waals surface area contributed by atoms with E-state index in [9.17, 15) is 4.79 Å². The van der Waals surface area contributed by atoms with Crippen LogP contribution in [0.1, 0.15) is 51.5 Å². The summed E-state index contributed by atoms with van der Waals surface area (Å²) in [6.07, 6.45) is 6.58. The number of ether oxygens (including phenoxy) is 2. The highest BCUT2D eigenvalue weighted by Crippen LogP contribution is 2.31. The van der Waals surface area contributed by atoms with Crippen LogP contribution in [0.25, 0.3) is 0 Å². The van der Waals surface area contributed by atoms with E-state index in [0.717, 1.165) is 31.4 Å². The van der Waals surface area contributed by atoms with Crippen molar-refractivity contribution < 1.29 is 14.3 Å². The zero-order valence-electron chi connectivity index (χ0n) is 14.7. The Morgan fingerprint density at radius 3 is 2.57 bits per heavy atom. The first kappa shape index (κ1) is 17.8. The molecule has 0 saturated heterocycles. The second-order valence-corrected chi connectivity index (χ2v) is 6.85. The topological polar surface area (TPSA) is 35.5 Å². The Labute approximate surface area is 140 Å². The van der Waals surface area contributed by atoms with Gasteiger partial charge in [-0.1, -0.05) is 45.2 Å². The average molecular weight is 318 g/mol. The van der Waals surface area contributed by atoms with Gasteiger partial charge in [-0.25, -0.2) is 0 Å². The summed E-state index contributed by atoms with van der Waals surface area (Å²) in [7, 11) is 1.48. The van der Waals surface area contributed by atoms with Crippen LogP contribution in [-0.4, -0.2) is 19.7 Å². The Hall–Kier alpha value is -1.51. The Morgan fingerprint density at radius 1 is 1.22 bits per heavy atom. The molecule has 0 spiro atoms. The van der Waals surface area contributed by atoms with Crippen LogP contribution in [0.15, 0.2) is 24.3 Å². The van der Waals surface area contributed by atoms with Gasteiger partial charge in [-0.15, -0.1) is 0 Å². The fourth-order valence-corrected chi connectivity index (χ4v) is 3.34. The van der Waals surface area contributed by atoms with Crippen molar-refractivity contribution in [1.29, 1.82) is 0 Å². The van der Waals surface area contributed by atoms with Gasteiger partial charge in [-0.05, 0) is 42.9 Å². The van der Waals surface area contributed by atoms with Crippen LogP contribution in [-0.2, 0) is 16.0 Å². The third-order valence-corrected chi connectivity index (χ3v) is 5.08. The fraction of sp³-hybridized carbons (Fsp3) is 0.650. The highest BCUT2D eigenvalue weighted by atomic mass is 16.5. The molecule has 3 heteroatoms. The predicted octanol–water partition coefficient (Wildman–Crippen LogP) is 4.63. The van der Waals surface area contributed by atoms with Crippen LogP contribution in [0, 0.1) is 17.8 Å². The number of rotatable bonds is 7. The zero-order chi connectivity index (χ0) is 16.7. The number of benzene rings is 1. The molecule has 1 saturated carbocycles. The lowest BCUT2D eigenvalue weighted by atomic mass is 9.80. The van der Waals surface area contributed by atoms with Gasteiger partial charge in [0.05, 0.1) is 19.6 Å². The molecule has 1 aromatic rings. The van der Waals surface area contributed by atoms with Gasteiger partial charge in [0, 0.05) is 5.92 Å². The molecule has 128 valence electrons. The summed E-state index contributed by atoms with van der Waals surface area (Å²) in [4.78, 5) is 11.9. The molecule has 0 bridgehead atoms. The van der Waals surface area contributed by atoms with Crippen molar-refractivity contribution in [2.45, 2.75) is 52.4 Å². The summed E-state index contributed by atoms with van der Waals surface area (Å²) in [6, 6.07) is 8.40. The molecule has 3 nitrogen and oxygen atoms in total. The second kappa shape index (κ2) is 8.95. The van der Waals surface area contributed by atoms with Crippen molar-refractivity contribution in [1.82, 2.24) is 0 Å². The summed E-state index contributed by atoms with van der Waals surface area (Å²) in [5, 5.41) is 0. The first-order chi connectivity index (χ1) is 11.1. The molecule has 2 rings (SSSR count). The van der Waals surface area contributed by atoms with Gasteiger partial charge in [-0.3, -0.25) is 4.79 Å². The maximum Gasteiger partial charge on any atom is 0.309 e. The lowest BCUT2D eigenvalue weighted by Crippen LogP contribution is -2.32. The summed E-state index contributed by atoms with van der Waals surface area (Å²) >= 11 is 0. The third-order valence-electron chi connectivity index (χ3n) is 5.08. The molecule has 0 aliphatic heterocycles. The quantitative estimate of drug-likeness (QED) is 0.687. The van der Waals surface area contributed by atoms with Crippen molar-refractivity contribution in [2.75, 3.05) is 13.7 Å². The van der Waals surface area contributed by atoms with Crippen LogP contribution in [0.4, 0.5) is 0 Å². The van der Waals surface area contributed by atoms with Crippen LogP contribution in [0.3, 0.4) is 0 Å². The molecule has 0 aromatic heterocycles. The average Bonchev–Trinajstić information content (AvgIpc) is 2.60. The van der Waals surface area contributed by atoms with E-state index in [-0.39, 0.29) is 17.8 Å². The van der Waals surface area contributed by atoms with Gasteiger partial charge in [0.15, 0.2) is 0 Å². The number of hydrogen-bond donors (Lipinski definition) is 0. The molecule has 3 atom stereocenters.